The van der Waals surface area contributed by atoms with E-state index in [1.807, 2.05) is 48.5 Å². The molecule has 3 heteroatoms. The predicted molar refractivity (Wildman–Crippen MR) is 90.6 cm³/mol. The summed E-state index contributed by atoms with van der Waals surface area (Å²) < 4.78 is 0. The van der Waals surface area contributed by atoms with E-state index in [0.717, 1.165) is 5.56 Å². The minimum absolute atomic E-state index is 0.104. The van der Waals surface area contributed by atoms with Crippen LogP contribution >= 0.6 is 0 Å². The first kappa shape index (κ1) is 16.2. The van der Waals surface area contributed by atoms with Crippen LogP contribution in [0, 0.1) is 0 Å². The number of benzene rings is 2. The van der Waals surface area contributed by atoms with Crippen LogP contribution in [0.15, 0.2) is 60.7 Å². The molecule has 0 saturated carbocycles. The molecule has 1 amide bonds. The normalized spacial score (nSPS) is 12.7. The fraction of sp³-hybridized carbons (Fsp3) is 0.316. The van der Waals surface area contributed by atoms with E-state index in [1.165, 1.54) is 5.56 Å². The molecule has 0 bridgehead atoms. The summed E-state index contributed by atoms with van der Waals surface area (Å²) >= 11 is 0. The van der Waals surface area contributed by atoms with Crippen LogP contribution < -0.4 is 11.1 Å². The van der Waals surface area contributed by atoms with Gasteiger partial charge in [-0.25, -0.2) is 0 Å². The molecule has 0 aliphatic heterocycles. The van der Waals surface area contributed by atoms with Gasteiger partial charge in [0, 0.05) is 12.0 Å². The second-order valence-corrected chi connectivity index (χ2v) is 6.26. The Balaban J connectivity index is 1.89. The first-order valence-corrected chi connectivity index (χ1v) is 7.62. The van der Waals surface area contributed by atoms with Crippen molar-refractivity contribution in [1.82, 2.24) is 5.32 Å². The number of nitrogens with two attached hydrogens (primary N) is 1. The third-order valence-corrected chi connectivity index (χ3v) is 3.90. The van der Waals surface area contributed by atoms with E-state index in [0.29, 0.717) is 13.0 Å². The molecule has 3 nitrogen and oxygen atoms in total. The highest BCUT2D eigenvalue weighted by molar-refractivity contribution is 5.81. The number of carbonyl (C=O) groups excluding carboxylic acids is 1. The van der Waals surface area contributed by atoms with Crippen molar-refractivity contribution in [2.24, 2.45) is 5.73 Å². The first-order valence-electron chi connectivity index (χ1n) is 7.62. The standard InChI is InChI=1S/C19H24N2O/c1-19(2,16-11-7-4-8-12-16)14-21-18(22)17(20)13-15-9-5-3-6-10-15/h3-12,17H,13-14,20H2,1-2H3,(H,21,22)/t17-/m0/s1. The van der Waals surface area contributed by atoms with E-state index in [1.54, 1.807) is 0 Å². The lowest BCUT2D eigenvalue weighted by Crippen LogP contribution is -2.46. The molecule has 0 fully saturated rings. The lowest BCUT2D eigenvalue weighted by atomic mass is 9.84. The number of hydrogen-bond donors (Lipinski definition) is 2. The van der Waals surface area contributed by atoms with Crippen LogP contribution in [0.1, 0.15) is 25.0 Å². The molecule has 0 spiro atoms. The summed E-state index contributed by atoms with van der Waals surface area (Å²) in [5.41, 5.74) is 8.16. The molecule has 3 N–H and O–H groups in total. The predicted octanol–water partition coefficient (Wildman–Crippen LogP) is 2.65. The van der Waals surface area contributed by atoms with Crippen LogP contribution in [0.3, 0.4) is 0 Å². The van der Waals surface area contributed by atoms with Crippen molar-refractivity contribution in [3.8, 4) is 0 Å². The SMILES string of the molecule is CC(C)(CNC(=O)[C@@H](N)Cc1ccccc1)c1ccccc1. The first-order chi connectivity index (χ1) is 10.5. The maximum atomic E-state index is 12.2. The maximum absolute atomic E-state index is 12.2. The van der Waals surface area contributed by atoms with Gasteiger partial charge in [-0.1, -0.05) is 74.5 Å². The Hall–Kier alpha value is -2.13. The van der Waals surface area contributed by atoms with E-state index in [4.69, 9.17) is 5.73 Å². The van der Waals surface area contributed by atoms with E-state index in [-0.39, 0.29) is 11.3 Å². The van der Waals surface area contributed by atoms with Crippen LogP contribution in [0.2, 0.25) is 0 Å². The Kier molecular flexibility index (Phi) is 5.34. The fourth-order valence-corrected chi connectivity index (χ4v) is 2.39. The number of rotatable bonds is 6. The molecule has 0 heterocycles. The van der Waals surface area contributed by atoms with Crippen LogP contribution in [-0.4, -0.2) is 18.5 Å². The van der Waals surface area contributed by atoms with Gasteiger partial charge in [-0.05, 0) is 17.5 Å². The van der Waals surface area contributed by atoms with Gasteiger partial charge in [0.05, 0.1) is 6.04 Å². The van der Waals surface area contributed by atoms with Crippen molar-refractivity contribution in [2.75, 3.05) is 6.54 Å². The van der Waals surface area contributed by atoms with Crippen LogP contribution in [0.5, 0.6) is 0 Å². The molecular formula is C19H24N2O. The van der Waals surface area contributed by atoms with E-state index >= 15 is 0 Å². The van der Waals surface area contributed by atoms with Crippen molar-refractivity contribution in [1.29, 1.82) is 0 Å². The Labute approximate surface area is 132 Å². The van der Waals surface area contributed by atoms with Crippen LogP contribution in [0.25, 0.3) is 0 Å². The Morgan fingerprint density at radius 3 is 2.18 bits per heavy atom. The molecule has 0 saturated heterocycles. The summed E-state index contributed by atoms with van der Waals surface area (Å²) in [5, 5.41) is 2.98. The summed E-state index contributed by atoms with van der Waals surface area (Å²) in [7, 11) is 0. The van der Waals surface area contributed by atoms with Gasteiger partial charge in [-0.2, -0.15) is 0 Å². The topological polar surface area (TPSA) is 55.1 Å². The molecule has 116 valence electrons. The van der Waals surface area contributed by atoms with Crippen molar-refractivity contribution in [3.05, 3.63) is 71.8 Å². The van der Waals surface area contributed by atoms with Gasteiger partial charge in [0.15, 0.2) is 0 Å². The van der Waals surface area contributed by atoms with Crippen molar-refractivity contribution < 1.29 is 4.79 Å². The number of amides is 1. The molecule has 0 aliphatic rings. The minimum Gasteiger partial charge on any atom is -0.354 e. The molecule has 0 aliphatic carbocycles. The van der Waals surface area contributed by atoms with Gasteiger partial charge < -0.3 is 11.1 Å². The van der Waals surface area contributed by atoms with Gasteiger partial charge >= 0.3 is 0 Å². The van der Waals surface area contributed by atoms with Crippen molar-refractivity contribution >= 4 is 5.91 Å². The third-order valence-electron chi connectivity index (χ3n) is 3.90. The smallest absolute Gasteiger partial charge is 0.237 e. The van der Waals surface area contributed by atoms with Crippen LogP contribution in [0.4, 0.5) is 0 Å². The average molecular weight is 296 g/mol. The third kappa shape index (κ3) is 4.43. The number of hydrogen-bond acceptors (Lipinski definition) is 2. The molecule has 22 heavy (non-hydrogen) atoms. The van der Waals surface area contributed by atoms with Gasteiger partial charge in [-0.15, -0.1) is 0 Å². The summed E-state index contributed by atoms with van der Waals surface area (Å²) in [6.45, 7) is 4.80. The second kappa shape index (κ2) is 7.23. The molecule has 0 unspecified atom stereocenters. The number of carbonyl (C=O) groups is 1. The maximum Gasteiger partial charge on any atom is 0.237 e. The quantitative estimate of drug-likeness (QED) is 0.861. The van der Waals surface area contributed by atoms with Crippen LogP contribution in [-0.2, 0) is 16.6 Å². The van der Waals surface area contributed by atoms with Gasteiger partial charge in [0.25, 0.3) is 0 Å². The number of nitrogens with one attached hydrogen (secondary N) is 1. The van der Waals surface area contributed by atoms with E-state index < -0.39 is 6.04 Å². The average Bonchev–Trinajstić information content (AvgIpc) is 2.54. The zero-order chi connectivity index (χ0) is 16.0. The molecule has 2 aromatic carbocycles. The highest BCUT2D eigenvalue weighted by Crippen LogP contribution is 2.21. The minimum atomic E-state index is -0.519. The Bertz CT molecular complexity index is 593. The lowest BCUT2D eigenvalue weighted by Gasteiger charge is -2.26. The monoisotopic (exact) mass is 296 g/mol. The molecule has 2 aromatic rings. The Morgan fingerprint density at radius 1 is 1.05 bits per heavy atom. The summed E-state index contributed by atoms with van der Waals surface area (Å²) in [6.07, 6.45) is 0.554. The van der Waals surface area contributed by atoms with Gasteiger partial charge in [0.2, 0.25) is 5.91 Å². The van der Waals surface area contributed by atoms with Crippen molar-refractivity contribution in [2.45, 2.75) is 31.7 Å². The van der Waals surface area contributed by atoms with E-state index in [9.17, 15) is 4.79 Å². The van der Waals surface area contributed by atoms with E-state index in [2.05, 4.69) is 31.3 Å². The van der Waals surface area contributed by atoms with Gasteiger partial charge in [0.1, 0.15) is 0 Å². The lowest BCUT2D eigenvalue weighted by molar-refractivity contribution is -0.122. The van der Waals surface area contributed by atoms with Gasteiger partial charge in [-0.3, -0.25) is 4.79 Å². The summed E-state index contributed by atoms with van der Waals surface area (Å²) in [4.78, 5) is 12.2. The van der Waals surface area contributed by atoms with Crippen molar-refractivity contribution in [3.63, 3.8) is 0 Å². The zero-order valence-electron chi connectivity index (χ0n) is 13.3. The summed E-state index contributed by atoms with van der Waals surface area (Å²) in [5.74, 6) is -0.104. The second-order valence-electron chi connectivity index (χ2n) is 6.26. The molecule has 0 radical (unpaired) electrons. The molecule has 2 rings (SSSR count). The zero-order valence-corrected chi connectivity index (χ0v) is 13.3. The fourth-order valence-electron chi connectivity index (χ4n) is 2.39. The highest BCUT2D eigenvalue weighted by atomic mass is 16.2. The molecule has 0 aromatic heterocycles. The summed E-state index contributed by atoms with van der Waals surface area (Å²) in [6, 6.07) is 19.5. The molecule has 1 atom stereocenters. The molecular weight excluding hydrogens is 272 g/mol. The highest BCUT2D eigenvalue weighted by Gasteiger charge is 2.22. The largest absolute Gasteiger partial charge is 0.354 e. The Morgan fingerprint density at radius 2 is 1.59 bits per heavy atom.